The van der Waals surface area contributed by atoms with Gasteiger partial charge in [-0.05, 0) is 33.0 Å². The largest absolute Gasteiger partial charge is 0.354 e. The molecule has 0 radical (unpaired) electrons. The Hall–Kier alpha value is -1.69. The van der Waals surface area contributed by atoms with Crippen LogP contribution in [0.25, 0.3) is 0 Å². The van der Waals surface area contributed by atoms with Crippen molar-refractivity contribution in [1.82, 2.24) is 20.2 Å². The molecule has 1 amide bonds. The Morgan fingerprint density at radius 2 is 2.05 bits per heavy atom. The maximum Gasteiger partial charge on any atom is 0.270 e. The summed E-state index contributed by atoms with van der Waals surface area (Å²) in [7, 11) is 3.93. The summed E-state index contributed by atoms with van der Waals surface area (Å²) in [5, 5.41) is 5.99. The first kappa shape index (κ1) is 16.4. The normalized spacial score (nSPS) is 10.9. The lowest BCUT2D eigenvalue weighted by Gasteiger charge is -2.12. The number of aryl methyl sites for hydroxylation is 1. The maximum absolute atomic E-state index is 12.0. The first-order valence-electron chi connectivity index (χ1n) is 6.91. The van der Waals surface area contributed by atoms with E-state index in [-0.39, 0.29) is 5.91 Å². The Morgan fingerprint density at radius 3 is 2.65 bits per heavy atom. The molecule has 0 fully saturated rings. The molecule has 0 aliphatic rings. The molecular formula is C14H25N5O. The molecule has 1 heterocycles. The molecule has 2 N–H and O–H groups in total. The van der Waals surface area contributed by atoms with E-state index >= 15 is 0 Å². The maximum atomic E-state index is 12.0. The van der Waals surface area contributed by atoms with Gasteiger partial charge in [-0.15, -0.1) is 0 Å². The topological polar surface area (TPSA) is 70.2 Å². The number of aromatic nitrogens is 2. The Bertz CT molecular complexity index is 445. The van der Waals surface area contributed by atoms with Gasteiger partial charge in [-0.3, -0.25) is 4.79 Å². The molecule has 0 saturated carbocycles. The van der Waals surface area contributed by atoms with Gasteiger partial charge in [0.1, 0.15) is 5.69 Å². The lowest BCUT2D eigenvalue weighted by molar-refractivity contribution is 0.0946. The highest BCUT2D eigenvalue weighted by molar-refractivity contribution is 5.92. The number of nitrogens with one attached hydrogen (secondary N) is 2. The van der Waals surface area contributed by atoms with Gasteiger partial charge in [-0.25, -0.2) is 9.97 Å². The van der Waals surface area contributed by atoms with E-state index in [0.29, 0.717) is 24.1 Å². The van der Waals surface area contributed by atoms with Crippen LogP contribution >= 0.6 is 0 Å². The third kappa shape index (κ3) is 5.97. The molecule has 0 bridgehead atoms. The summed E-state index contributed by atoms with van der Waals surface area (Å²) in [6.45, 7) is 8.26. The van der Waals surface area contributed by atoms with Crippen LogP contribution in [0, 0.1) is 12.8 Å². The number of carbonyl (C=O) groups excluding carboxylic acids is 1. The molecule has 1 aromatic rings. The zero-order chi connectivity index (χ0) is 15.1. The van der Waals surface area contributed by atoms with E-state index < -0.39 is 0 Å². The first-order valence-corrected chi connectivity index (χ1v) is 6.91. The predicted molar refractivity (Wildman–Crippen MR) is 81.0 cm³/mol. The Balaban J connectivity index is 2.66. The van der Waals surface area contributed by atoms with Gasteiger partial charge in [0.15, 0.2) is 0 Å². The molecular weight excluding hydrogens is 254 g/mol. The van der Waals surface area contributed by atoms with Crippen LogP contribution in [0.1, 0.15) is 30.0 Å². The van der Waals surface area contributed by atoms with Crippen LogP contribution in [0.4, 0.5) is 5.95 Å². The van der Waals surface area contributed by atoms with Crippen LogP contribution in [-0.4, -0.2) is 54.5 Å². The van der Waals surface area contributed by atoms with Gasteiger partial charge < -0.3 is 15.5 Å². The summed E-state index contributed by atoms with van der Waals surface area (Å²) in [6, 6.07) is 1.70. The second kappa shape index (κ2) is 7.79. The molecule has 0 spiro atoms. The fourth-order valence-electron chi connectivity index (χ4n) is 1.54. The number of hydrogen-bond donors (Lipinski definition) is 2. The Labute approximate surface area is 121 Å². The van der Waals surface area contributed by atoms with Gasteiger partial charge in [-0.1, -0.05) is 13.8 Å². The van der Waals surface area contributed by atoms with Gasteiger partial charge in [0.05, 0.1) is 0 Å². The summed E-state index contributed by atoms with van der Waals surface area (Å²) < 4.78 is 0. The van der Waals surface area contributed by atoms with E-state index in [0.717, 1.165) is 18.8 Å². The van der Waals surface area contributed by atoms with Crippen LogP contribution in [0.3, 0.4) is 0 Å². The number of hydrogen-bond acceptors (Lipinski definition) is 5. The van der Waals surface area contributed by atoms with Gasteiger partial charge in [0.25, 0.3) is 5.91 Å². The standard InChI is InChI=1S/C14H25N5O/c1-10(2)9-16-14-17-11(3)8-12(18-14)13(20)15-6-7-19(4)5/h8,10H,6-7,9H2,1-5H3,(H,15,20)(H,16,17,18). The van der Waals surface area contributed by atoms with Crippen LogP contribution in [-0.2, 0) is 0 Å². The van der Waals surface area contributed by atoms with Gasteiger partial charge in [0.2, 0.25) is 5.95 Å². The van der Waals surface area contributed by atoms with Crippen LogP contribution in [0.2, 0.25) is 0 Å². The summed E-state index contributed by atoms with van der Waals surface area (Å²) in [5.41, 5.74) is 1.19. The zero-order valence-electron chi connectivity index (χ0n) is 13.0. The molecule has 6 heteroatoms. The predicted octanol–water partition coefficient (Wildman–Crippen LogP) is 1.14. The molecule has 6 nitrogen and oxygen atoms in total. The fourth-order valence-corrected chi connectivity index (χ4v) is 1.54. The average Bonchev–Trinajstić information content (AvgIpc) is 2.35. The lowest BCUT2D eigenvalue weighted by atomic mass is 10.2. The highest BCUT2D eigenvalue weighted by atomic mass is 16.1. The number of likely N-dealkylation sites (N-methyl/N-ethyl adjacent to an activating group) is 1. The van der Waals surface area contributed by atoms with E-state index in [9.17, 15) is 4.79 Å². The van der Waals surface area contributed by atoms with Crippen LogP contribution in [0.5, 0.6) is 0 Å². The van der Waals surface area contributed by atoms with Crippen molar-refractivity contribution in [2.75, 3.05) is 39.0 Å². The first-order chi connectivity index (χ1) is 9.38. The molecule has 112 valence electrons. The molecule has 0 aliphatic carbocycles. The zero-order valence-corrected chi connectivity index (χ0v) is 13.0. The van der Waals surface area contributed by atoms with Crippen molar-refractivity contribution in [3.63, 3.8) is 0 Å². The van der Waals surface area contributed by atoms with Gasteiger partial charge in [-0.2, -0.15) is 0 Å². The Morgan fingerprint density at radius 1 is 1.35 bits per heavy atom. The highest BCUT2D eigenvalue weighted by Gasteiger charge is 2.10. The molecule has 20 heavy (non-hydrogen) atoms. The smallest absolute Gasteiger partial charge is 0.270 e. The van der Waals surface area contributed by atoms with Crippen molar-refractivity contribution < 1.29 is 4.79 Å². The molecule has 1 aromatic heterocycles. The molecule has 0 unspecified atom stereocenters. The van der Waals surface area contributed by atoms with E-state index in [1.165, 1.54) is 0 Å². The summed E-state index contributed by atoms with van der Waals surface area (Å²) in [6.07, 6.45) is 0. The van der Waals surface area contributed by atoms with E-state index in [1.54, 1.807) is 6.07 Å². The van der Waals surface area contributed by atoms with Crippen LogP contribution in [0.15, 0.2) is 6.07 Å². The number of rotatable bonds is 7. The number of anilines is 1. The van der Waals surface area contributed by atoms with E-state index in [2.05, 4.69) is 34.4 Å². The number of amides is 1. The van der Waals surface area contributed by atoms with Crippen molar-refractivity contribution in [2.24, 2.45) is 5.92 Å². The SMILES string of the molecule is Cc1cc(C(=O)NCCN(C)C)nc(NCC(C)C)n1. The minimum atomic E-state index is -0.162. The highest BCUT2D eigenvalue weighted by Crippen LogP contribution is 2.06. The number of carbonyl (C=O) groups is 1. The summed E-state index contributed by atoms with van der Waals surface area (Å²) in [5.74, 6) is 0.845. The summed E-state index contributed by atoms with van der Waals surface area (Å²) >= 11 is 0. The van der Waals surface area contributed by atoms with Gasteiger partial charge in [0, 0.05) is 25.3 Å². The minimum Gasteiger partial charge on any atom is -0.354 e. The van der Waals surface area contributed by atoms with E-state index in [1.807, 2.05) is 25.9 Å². The van der Waals surface area contributed by atoms with Crippen molar-refractivity contribution in [2.45, 2.75) is 20.8 Å². The van der Waals surface area contributed by atoms with Crippen molar-refractivity contribution >= 4 is 11.9 Å². The van der Waals surface area contributed by atoms with Gasteiger partial charge >= 0.3 is 0 Å². The molecule has 0 atom stereocenters. The molecule has 0 aromatic carbocycles. The lowest BCUT2D eigenvalue weighted by Crippen LogP contribution is -2.32. The molecule has 1 rings (SSSR count). The van der Waals surface area contributed by atoms with Crippen molar-refractivity contribution in [3.05, 3.63) is 17.5 Å². The number of nitrogens with zero attached hydrogens (tertiary/aromatic N) is 3. The molecule has 0 saturated heterocycles. The quantitative estimate of drug-likeness (QED) is 0.783. The second-order valence-corrected chi connectivity index (χ2v) is 5.55. The molecule has 0 aliphatic heterocycles. The van der Waals surface area contributed by atoms with Crippen LogP contribution < -0.4 is 10.6 Å². The minimum absolute atomic E-state index is 0.162. The monoisotopic (exact) mass is 279 g/mol. The van der Waals surface area contributed by atoms with E-state index in [4.69, 9.17) is 0 Å². The van der Waals surface area contributed by atoms with Crippen molar-refractivity contribution in [3.8, 4) is 0 Å². The third-order valence-electron chi connectivity index (χ3n) is 2.60. The second-order valence-electron chi connectivity index (χ2n) is 5.55. The Kier molecular flexibility index (Phi) is 6.38. The fraction of sp³-hybridized carbons (Fsp3) is 0.643. The van der Waals surface area contributed by atoms with Crippen molar-refractivity contribution in [1.29, 1.82) is 0 Å². The summed E-state index contributed by atoms with van der Waals surface area (Å²) in [4.78, 5) is 22.6. The average molecular weight is 279 g/mol. The third-order valence-corrected chi connectivity index (χ3v) is 2.60.